The van der Waals surface area contributed by atoms with Gasteiger partial charge in [0, 0.05) is 18.5 Å². The van der Waals surface area contributed by atoms with Crippen molar-refractivity contribution < 1.29 is 4.74 Å². The lowest BCUT2D eigenvalue weighted by molar-refractivity contribution is 0.171. The summed E-state index contributed by atoms with van der Waals surface area (Å²) < 4.78 is 5.20. The first-order valence-electron chi connectivity index (χ1n) is 5.66. The van der Waals surface area contributed by atoms with Crippen LogP contribution in [0.25, 0.3) is 0 Å². The summed E-state index contributed by atoms with van der Waals surface area (Å²) in [6.45, 7) is 7.09. The molecule has 1 aromatic rings. The van der Waals surface area contributed by atoms with Gasteiger partial charge in [0.05, 0.1) is 12.6 Å². The van der Waals surface area contributed by atoms with E-state index in [-0.39, 0.29) is 0 Å². The molecule has 90 valence electrons. The lowest BCUT2D eigenvalue weighted by Gasteiger charge is -2.23. The summed E-state index contributed by atoms with van der Waals surface area (Å²) in [5.74, 6) is 0.526. The molecule has 0 aliphatic rings. The zero-order valence-corrected chi connectivity index (χ0v) is 10.6. The number of nitrogen functional groups attached to an aromatic ring is 1. The van der Waals surface area contributed by atoms with Crippen molar-refractivity contribution in [2.45, 2.75) is 26.8 Å². The van der Waals surface area contributed by atoms with Crippen LogP contribution in [0, 0.1) is 12.8 Å². The molecular weight excluding hydrogens is 200 g/mol. The van der Waals surface area contributed by atoms with Crippen molar-refractivity contribution in [3.63, 3.8) is 0 Å². The molecule has 0 aliphatic carbocycles. The Morgan fingerprint density at radius 3 is 2.56 bits per heavy atom. The van der Waals surface area contributed by atoms with E-state index >= 15 is 0 Å². The number of ether oxygens (including phenoxy) is 1. The average molecular weight is 222 g/mol. The van der Waals surface area contributed by atoms with Crippen LogP contribution >= 0.6 is 0 Å². The fourth-order valence-electron chi connectivity index (χ4n) is 1.56. The second-order valence-electron chi connectivity index (χ2n) is 4.52. The van der Waals surface area contributed by atoms with Crippen LogP contribution in [0.15, 0.2) is 18.2 Å². The first kappa shape index (κ1) is 12.8. The van der Waals surface area contributed by atoms with Crippen molar-refractivity contribution in [2.24, 2.45) is 5.92 Å². The smallest absolute Gasteiger partial charge is 0.0666 e. The first-order valence-corrected chi connectivity index (χ1v) is 5.66. The maximum absolute atomic E-state index is 5.79. The average Bonchev–Trinajstić information content (AvgIpc) is 2.22. The molecule has 1 aromatic carbocycles. The van der Waals surface area contributed by atoms with Crippen LogP contribution in [0.4, 0.5) is 11.4 Å². The van der Waals surface area contributed by atoms with Crippen LogP contribution in [-0.4, -0.2) is 19.8 Å². The third-order valence-corrected chi connectivity index (χ3v) is 2.77. The van der Waals surface area contributed by atoms with E-state index in [1.165, 1.54) is 0 Å². The molecule has 3 heteroatoms. The number of hydrogen-bond donors (Lipinski definition) is 2. The quantitative estimate of drug-likeness (QED) is 0.753. The SMILES string of the molecule is COCC(Nc1ccc(N)c(C)c1)C(C)C. The molecule has 0 radical (unpaired) electrons. The molecule has 1 atom stereocenters. The first-order chi connectivity index (χ1) is 7.54. The van der Waals surface area contributed by atoms with Gasteiger partial charge in [-0.15, -0.1) is 0 Å². The zero-order chi connectivity index (χ0) is 12.1. The Kier molecular flexibility index (Phi) is 4.62. The van der Waals surface area contributed by atoms with Gasteiger partial charge >= 0.3 is 0 Å². The molecule has 0 bridgehead atoms. The van der Waals surface area contributed by atoms with Gasteiger partial charge in [0.1, 0.15) is 0 Å². The van der Waals surface area contributed by atoms with E-state index in [1.807, 2.05) is 19.1 Å². The van der Waals surface area contributed by atoms with Crippen molar-refractivity contribution in [2.75, 3.05) is 24.8 Å². The summed E-state index contributed by atoms with van der Waals surface area (Å²) in [5, 5.41) is 3.47. The predicted molar refractivity (Wildman–Crippen MR) is 69.7 cm³/mol. The lowest BCUT2D eigenvalue weighted by Crippen LogP contribution is -2.30. The van der Waals surface area contributed by atoms with Crippen molar-refractivity contribution in [3.8, 4) is 0 Å². The predicted octanol–water partition coefficient (Wildman–Crippen LogP) is 2.66. The Morgan fingerprint density at radius 2 is 2.06 bits per heavy atom. The summed E-state index contributed by atoms with van der Waals surface area (Å²) in [4.78, 5) is 0. The van der Waals surface area contributed by atoms with E-state index in [0.29, 0.717) is 18.6 Å². The molecule has 1 unspecified atom stereocenters. The van der Waals surface area contributed by atoms with Crippen LogP contribution in [0.3, 0.4) is 0 Å². The number of rotatable bonds is 5. The minimum absolute atomic E-state index is 0.327. The standard InChI is InChI=1S/C13H22N2O/c1-9(2)13(8-16-4)15-11-5-6-12(14)10(3)7-11/h5-7,9,13,15H,8,14H2,1-4H3. The number of hydrogen-bond acceptors (Lipinski definition) is 3. The molecule has 0 saturated carbocycles. The third kappa shape index (κ3) is 3.42. The topological polar surface area (TPSA) is 47.3 Å². The van der Waals surface area contributed by atoms with Gasteiger partial charge in [-0.2, -0.15) is 0 Å². The van der Waals surface area contributed by atoms with E-state index in [0.717, 1.165) is 16.9 Å². The fourth-order valence-corrected chi connectivity index (χ4v) is 1.56. The van der Waals surface area contributed by atoms with Gasteiger partial charge in [0.2, 0.25) is 0 Å². The molecular formula is C13H22N2O. The summed E-state index contributed by atoms with van der Waals surface area (Å²) in [6.07, 6.45) is 0. The normalized spacial score (nSPS) is 12.8. The van der Waals surface area contributed by atoms with Crippen molar-refractivity contribution in [3.05, 3.63) is 23.8 Å². The molecule has 1 rings (SSSR count). The lowest BCUT2D eigenvalue weighted by atomic mass is 10.0. The largest absolute Gasteiger partial charge is 0.399 e. The van der Waals surface area contributed by atoms with Gasteiger partial charge in [0.25, 0.3) is 0 Å². The van der Waals surface area contributed by atoms with E-state index in [4.69, 9.17) is 10.5 Å². The molecule has 0 spiro atoms. The maximum Gasteiger partial charge on any atom is 0.0666 e. The second kappa shape index (κ2) is 5.75. The summed E-state index contributed by atoms with van der Waals surface area (Å²) in [6, 6.07) is 6.34. The van der Waals surface area contributed by atoms with Gasteiger partial charge in [-0.3, -0.25) is 0 Å². The number of nitrogens with two attached hydrogens (primary N) is 1. The Bertz CT molecular complexity index is 337. The Morgan fingerprint density at radius 1 is 1.38 bits per heavy atom. The van der Waals surface area contributed by atoms with E-state index < -0.39 is 0 Å². The highest BCUT2D eigenvalue weighted by Gasteiger charge is 2.12. The van der Waals surface area contributed by atoms with Gasteiger partial charge in [-0.05, 0) is 36.6 Å². The number of methoxy groups -OCH3 is 1. The molecule has 3 N–H and O–H groups in total. The zero-order valence-electron chi connectivity index (χ0n) is 10.6. The van der Waals surface area contributed by atoms with E-state index in [9.17, 15) is 0 Å². The van der Waals surface area contributed by atoms with Crippen molar-refractivity contribution in [1.29, 1.82) is 0 Å². The van der Waals surface area contributed by atoms with Crippen LogP contribution in [0.5, 0.6) is 0 Å². The Balaban J connectivity index is 2.73. The third-order valence-electron chi connectivity index (χ3n) is 2.77. The fraction of sp³-hybridized carbons (Fsp3) is 0.538. The Labute approximate surface area is 98.0 Å². The summed E-state index contributed by atoms with van der Waals surface area (Å²) in [7, 11) is 1.73. The highest BCUT2D eigenvalue weighted by atomic mass is 16.5. The highest BCUT2D eigenvalue weighted by Crippen LogP contribution is 2.19. The molecule has 0 saturated heterocycles. The summed E-state index contributed by atoms with van der Waals surface area (Å²) >= 11 is 0. The minimum atomic E-state index is 0.327. The second-order valence-corrected chi connectivity index (χ2v) is 4.52. The van der Waals surface area contributed by atoms with Gasteiger partial charge in [-0.25, -0.2) is 0 Å². The van der Waals surface area contributed by atoms with Gasteiger partial charge < -0.3 is 15.8 Å². The molecule has 0 amide bonds. The van der Waals surface area contributed by atoms with Crippen LogP contribution in [0.1, 0.15) is 19.4 Å². The molecule has 3 nitrogen and oxygen atoms in total. The molecule has 0 heterocycles. The summed E-state index contributed by atoms with van der Waals surface area (Å²) in [5.41, 5.74) is 8.82. The molecule has 0 aliphatic heterocycles. The van der Waals surface area contributed by atoms with Crippen molar-refractivity contribution in [1.82, 2.24) is 0 Å². The maximum atomic E-state index is 5.79. The Hall–Kier alpha value is -1.22. The minimum Gasteiger partial charge on any atom is -0.399 e. The number of aryl methyl sites for hydroxylation is 1. The monoisotopic (exact) mass is 222 g/mol. The van der Waals surface area contributed by atoms with Crippen LogP contribution in [0.2, 0.25) is 0 Å². The number of anilines is 2. The highest BCUT2D eigenvalue weighted by molar-refractivity contribution is 5.57. The van der Waals surface area contributed by atoms with Crippen LogP contribution < -0.4 is 11.1 Å². The van der Waals surface area contributed by atoms with Gasteiger partial charge in [-0.1, -0.05) is 13.8 Å². The molecule has 16 heavy (non-hydrogen) atoms. The van der Waals surface area contributed by atoms with E-state index in [2.05, 4.69) is 25.2 Å². The number of benzene rings is 1. The number of nitrogens with one attached hydrogen (secondary N) is 1. The van der Waals surface area contributed by atoms with Crippen molar-refractivity contribution >= 4 is 11.4 Å². The van der Waals surface area contributed by atoms with Crippen LogP contribution in [-0.2, 0) is 4.74 Å². The molecule has 0 aromatic heterocycles. The van der Waals surface area contributed by atoms with E-state index in [1.54, 1.807) is 7.11 Å². The molecule has 0 fully saturated rings. The van der Waals surface area contributed by atoms with Gasteiger partial charge in [0.15, 0.2) is 0 Å².